The first kappa shape index (κ1) is 13.5. The predicted octanol–water partition coefficient (Wildman–Crippen LogP) is 1.93. The average molecular weight is 275 g/mol. The third-order valence-corrected chi connectivity index (χ3v) is 3.46. The van der Waals surface area contributed by atoms with E-state index in [2.05, 4.69) is 20.7 Å². The molecule has 0 aliphatic rings. The summed E-state index contributed by atoms with van der Waals surface area (Å²) in [7, 11) is 0. The molecule has 19 heavy (non-hydrogen) atoms. The highest BCUT2D eigenvalue weighted by Crippen LogP contribution is 2.09. The van der Waals surface area contributed by atoms with Gasteiger partial charge in [-0.15, -0.1) is 11.3 Å². The second-order valence-corrected chi connectivity index (χ2v) is 4.94. The summed E-state index contributed by atoms with van der Waals surface area (Å²) in [5.74, 6) is 6.00. The van der Waals surface area contributed by atoms with E-state index in [1.54, 1.807) is 11.3 Å². The molecule has 0 saturated carbocycles. The number of aryl methyl sites for hydroxylation is 1. The maximum Gasteiger partial charge on any atom is 0.210 e. The summed E-state index contributed by atoms with van der Waals surface area (Å²) in [5, 5.41) is 6.26. The number of hydrazine groups is 1. The summed E-state index contributed by atoms with van der Waals surface area (Å²) < 4.78 is 0. The molecule has 1 heterocycles. The van der Waals surface area contributed by atoms with Crippen molar-refractivity contribution in [2.75, 3.05) is 11.9 Å². The molecule has 0 unspecified atom stereocenters. The van der Waals surface area contributed by atoms with Gasteiger partial charge >= 0.3 is 0 Å². The highest BCUT2D eigenvalue weighted by molar-refractivity contribution is 7.09. The first-order valence-electron chi connectivity index (χ1n) is 6.02. The van der Waals surface area contributed by atoms with Crippen molar-refractivity contribution in [2.24, 2.45) is 10.8 Å². The van der Waals surface area contributed by atoms with Gasteiger partial charge in [-0.25, -0.2) is 10.8 Å². The first-order valence-corrected chi connectivity index (χ1v) is 6.90. The number of rotatable bonds is 4. The van der Waals surface area contributed by atoms with Gasteiger partial charge in [-0.3, -0.25) is 10.4 Å². The molecule has 4 N–H and O–H groups in total. The summed E-state index contributed by atoms with van der Waals surface area (Å²) in [6.45, 7) is 2.64. The minimum atomic E-state index is 0.555. The van der Waals surface area contributed by atoms with E-state index in [0.717, 1.165) is 22.8 Å². The van der Waals surface area contributed by atoms with Crippen LogP contribution in [0, 0.1) is 6.92 Å². The van der Waals surface area contributed by atoms with Crippen LogP contribution < -0.4 is 16.6 Å². The topological polar surface area (TPSA) is 75.3 Å². The maximum atomic E-state index is 5.45. The molecular weight excluding hydrogens is 258 g/mol. The fraction of sp³-hybridized carbons (Fsp3) is 0.231. The quantitative estimate of drug-likeness (QED) is 0.345. The number of benzene rings is 1. The molecular formula is C13H17N5S. The number of nitrogens with two attached hydrogens (primary N) is 1. The van der Waals surface area contributed by atoms with Crippen molar-refractivity contribution in [3.05, 3.63) is 46.4 Å². The zero-order valence-electron chi connectivity index (χ0n) is 10.8. The Kier molecular flexibility index (Phi) is 4.88. The Hall–Kier alpha value is -1.92. The van der Waals surface area contributed by atoms with Crippen molar-refractivity contribution in [3.63, 3.8) is 0 Å². The predicted molar refractivity (Wildman–Crippen MR) is 80.2 cm³/mol. The lowest BCUT2D eigenvalue weighted by Crippen LogP contribution is -2.36. The van der Waals surface area contributed by atoms with Gasteiger partial charge in [0, 0.05) is 29.7 Å². The van der Waals surface area contributed by atoms with E-state index in [4.69, 9.17) is 5.84 Å². The molecule has 0 amide bonds. The van der Waals surface area contributed by atoms with Crippen LogP contribution in [0.25, 0.3) is 0 Å². The van der Waals surface area contributed by atoms with Crippen LogP contribution in [0.1, 0.15) is 10.7 Å². The lowest BCUT2D eigenvalue weighted by atomic mass is 10.3. The number of thiazole rings is 1. The number of nitrogens with one attached hydrogen (secondary N) is 2. The Balaban J connectivity index is 1.88. The van der Waals surface area contributed by atoms with Crippen LogP contribution in [0.3, 0.4) is 0 Å². The largest absolute Gasteiger partial charge is 0.325 e. The number of para-hydroxylation sites is 1. The van der Waals surface area contributed by atoms with E-state index in [-0.39, 0.29) is 0 Å². The van der Waals surface area contributed by atoms with Crippen molar-refractivity contribution < 1.29 is 0 Å². The molecule has 0 saturated heterocycles. The van der Waals surface area contributed by atoms with Gasteiger partial charge < -0.3 is 5.32 Å². The molecule has 0 bridgehead atoms. The molecule has 6 heteroatoms. The molecule has 0 aliphatic heterocycles. The second kappa shape index (κ2) is 6.86. The summed E-state index contributed by atoms with van der Waals surface area (Å²) in [4.78, 5) is 8.77. The fourth-order valence-corrected chi connectivity index (χ4v) is 2.33. The van der Waals surface area contributed by atoms with Gasteiger partial charge in [0.25, 0.3) is 0 Å². The zero-order chi connectivity index (χ0) is 13.5. The van der Waals surface area contributed by atoms with Gasteiger partial charge in [0.1, 0.15) is 0 Å². The minimum Gasteiger partial charge on any atom is -0.325 e. The number of aromatic nitrogens is 1. The Bertz CT molecular complexity index is 535. The van der Waals surface area contributed by atoms with E-state index in [1.807, 2.05) is 42.6 Å². The molecule has 2 aromatic rings. The van der Waals surface area contributed by atoms with Gasteiger partial charge in [-0.05, 0) is 19.1 Å². The molecule has 1 aromatic heterocycles. The van der Waals surface area contributed by atoms with E-state index >= 15 is 0 Å². The number of guanidine groups is 1. The van der Waals surface area contributed by atoms with Crippen LogP contribution in [0.5, 0.6) is 0 Å². The van der Waals surface area contributed by atoms with Crippen molar-refractivity contribution in [2.45, 2.75) is 13.3 Å². The smallest absolute Gasteiger partial charge is 0.210 e. The van der Waals surface area contributed by atoms with Gasteiger partial charge in [0.05, 0.1) is 5.01 Å². The lowest BCUT2D eigenvalue weighted by molar-refractivity contribution is 0.917. The van der Waals surface area contributed by atoms with Gasteiger partial charge in [-0.1, -0.05) is 18.2 Å². The van der Waals surface area contributed by atoms with Gasteiger partial charge in [0.2, 0.25) is 5.96 Å². The molecule has 2 rings (SSSR count). The van der Waals surface area contributed by atoms with Crippen LogP contribution in [0.15, 0.2) is 40.7 Å². The second-order valence-electron chi connectivity index (χ2n) is 4.00. The third kappa shape index (κ3) is 4.35. The van der Waals surface area contributed by atoms with Crippen LogP contribution >= 0.6 is 11.3 Å². The SMILES string of the molecule is Cc1csc(CCN=C(NN)Nc2ccccc2)n1. The number of hydrogen-bond acceptors (Lipinski definition) is 4. The Morgan fingerprint density at radius 1 is 1.37 bits per heavy atom. The number of anilines is 1. The van der Waals surface area contributed by atoms with Gasteiger partial charge in [-0.2, -0.15) is 0 Å². The normalized spacial score (nSPS) is 11.4. The van der Waals surface area contributed by atoms with Crippen molar-refractivity contribution in [1.29, 1.82) is 0 Å². The molecule has 0 atom stereocenters. The van der Waals surface area contributed by atoms with Crippen molar-refractivity contribution >= 4 is 23.0 Å². The van der Waals surface area contributed by atoms with Crippen molar-refractivity contribution in [1.82, 2.24) is 10.4 Å². The highest BCUT2D eigenvalue weighted by Gasteiger charge is 2.00. The van der Waals surface area contributed by atoms with E-state index < -0.39 is 0 Å². The summed E-state index contributed by atoms with van der Waals surface area (Å²) in [5.41, 5.74) is 4.57. The minimum absolute atomic E-state index is 0.555. The van der Waals surface area contributed by atoms with Crippen molar-refractivity contribution in [3.8, 4) is 0 Å². The fourth-order valence-electron chi connectivity index (χ4n) is 1.56. The van der Waals surface area contributed by atoms with Crippen LogP contribution in [0.2, 0.25) is 0 Å². The summed E-state index contributed by atoms with van der Waals surface area (Å²) in [6.07, 6.45) is 0.820. The Labute approximate surface area is 116 Å². The Morgan fingerprint density at radius 3 is 2.79 bits per heavy atom. The molecule has 0 fully saturated rings. The number of nitrogens with zero attached hydrogens (tertiary/aromatic N) is 2. The average Bonchev–Trinajstić information content (AvgIpc) is 2.84. The molecule has 0 radical (unpaired) electrons. The van der Waals surface area contributed by atoms with E-state index in [0.29, 0.717) is 12.5 Å². The number of aliphatic imine (C=N–C) groups is 1. The van der Waals surface area contributed by atoms with Gasteiger partial charge in [0.15, 0.2) is 0 Å². The monoisotopic (exact) mass is 275 g/mol. The molecule has 0 spiro atoms. The zero-order valence-corrected chi connectivity index (χ0v) is 11.6. The molecule has 0 aliphatic carbocycles. The van der Waals surface area contributed by atoms with Crippen LogP contribution in [-0.4, -0.2) is 17.5 Å². The molecule has 5 nitrogen and oxygen atoms in total. The highest BCUT2D eigenvalue weighted by atomic mass is 32.1. The maximum absolute atomic E-state index is 5.45. The van der Waals surface area contributed by atoms with E-state index in [9.17, 15) is 0 Å². The van der Waals surface area contributed by atoms with Crippen LogP contribution in [-0.2, 0) is 6.42 Å². The third-order valence-electron chi connectivity index (χ3n) is 2.44. The van der Waals surface area contributed by atoms with Crippen LogP contribution in [0.4, 0.5) is 5.69 Å². The number of hydrogen-bond donors (Lipinski definition) is 3. The molecule has 1 aromatic carbocycles. The lowest BCUT2D eigenvalue weighted by Gasteiger charge is -2.08. The first-order chi connectivity index (χ1) is 9.28. The summed E-state index contributed by atoms with van der Waals surface area (Å²) >= 11 is 1.66. The standard InChI is InChI=1S/C13H17N5S/c1-10-9-19-12(16-10)7-8-15-13(18-14)17-11-5-3-2-4-6-11/h2-6,9H,7-8,14H2,1H3,(H2,15,17,18). The Morgan fingerprint density at radius 2 is 2.16 bits per heavy atom. The van der Waals surface area contributed by atoms with E-state index in [1.165, 1.54) is 0 Å². The molecule has 100 valence electrons. The summed E-state index contributed by atoms with van der Waals surface area (Å²) in [6, 6.07) is 9.78.